The zero-order valence-electron chi connectivity index (χ0n) is 6.48. The highest BCUT2D eigenvalue weighted by molar-refractivity contribution is 14.1. The highest BCUT2D eigenvalue weighted by Gasteiger charge is 2.45. The molecule has 1 aliphatic rings. The minimum absolute atomic E-state index is 0.444. The van der Waals surface area contributed by atoms with Crippen molar-refractivity contribution >= 4 is 22.6 Å². The monoisotopic (exact) mass is 286 g/mol. The fourth-order valence-corrected chi connectivity index (χ4v) is 1.74. The van der Waals surface area contributed by atoms with Gasteiger partial charge in [0.25, 0.3) is 0 Å². The molecule has 0 heterocycles. The Morgan fingerprint density at radius 1 is 1.42 bits per heavy atom. The van der Waals surface area contributed by atoms with E-state index in [9.17, 15) is 20.4 Å². The Hall–Kier alpha value is 0.310. The maximum Gasteiger partial charge on any atom is 0.120 e. The van der Waals surface area contributed by atoms with E-state index in [1.807, 2.05) is 22.6 Å². The number of hydrogen-bond donors (Lipinski definition) is 4. The molecule has 12 heavy (non-hydrogen) atoms. The van der Waals surface area contributed by atoms with Crippen molar-refractivity contribution < 1.29 is 20.4 Å². The lowest BCUT2D eigenvalue weighted by Gasteiger charge is -2.38. The Kier molecular flexibility index (Phi) is 2.79. The molecule has 1 aliphatic carbocycles. The van der Waals surface area contributed by atoms with Crippen molar-refractivity contribution in [2.24, 2.45) is 0 Å². The predicted molar refractivity (Wildman–Crippen MR) is 50.7 cm³/mol. The first kappa shape index (κ1) is 10.4. The van der Waals surface area contributed by atoms with E-state index in [0.717, 1.165) is 0 Å². The van der Waals surface area contributed by atoms with Crippen LogP contribution in [0.2, 0.25) is 0 Å². The number of halogens is 1. The molecule has 0 bridgehead atoms. The molecule has 0 aromatic heterocycles. The minimum atomic E-state index is -1.67. The fourth-order valence-electron chi connectivity index (χ4n) is 1.06. The lowest BCUT2D eigenvalue weighted by Crippen LogP contribution is -2.56. The van der Waals surface area contributed by atoms with Crippen LogP contribution in [0, 0.1) is 0 Å². The molecule has 5 heteroatoms. The second kappa shape index (κ2) is 3.22. The maximum atomic E-state index is 9.49. The highest BCUT2D eigenvalue weighted by atomic mass is 127. The van der Waals surface area contributed by atoms with Gasteiger partial charge in [0.05, 0.1) is 0 Å². The summed E-state index contributed by atoms with van der Waals surface area (Å²) in [6.07, 6.45) is -2.26. The zero-order chi connectivity index (χ0) is 9.52. The summed E-state index contributed by atoms with van der Waals surface area (Å²) < 4.78 is 0.444. The van der Waals surface area contributed by atoms with Crippen molar-refractivity contribution in [2.75, 3.05) is 0 Å². The summed E-state index contributed by atoms with van der Waals surface area (Å²) in [4.78, 5) is 0. The quantitative estimate of drug-likeness (QED) is 0.437. The standard InChI is InChI=1S/C7H11IO4/c1-7(12)4(9)2-3(8)5(10)6(7)11/h2,4-6,9-12H,1H3/t4-,5-,6-,7-/m1/s1. The SMILES string of the molecule is C[C@@]1(O)[C@H](O)C=C(I)[C@@H](O)[C@H]1O. The molecular weight excluding hydrogens is 275 g/mol. The van der Waals surface area contributed by atoms with Crippen LogP contribution in [0.25, 0.3) is 0 Å². The van der Waals surface area contributed by atoms with Gasteiger partial charge in [-0.3, -0.25) is 0 Å². The van der Waals surface area contributed by atoms with E-state index in [4.69, 9.17) is 0 Å². The third-order valence-corrected chi connectivity index (χ3v) is 3.09. The van der Waals surface area contributed by atoms with Crippen molar-refractivity contribution in [1.29, 1.82) is 0 Å². The predicted octanol–water partition coefficient (Wildman–Crippen LogP) is -0.847. The van der Waals surface area contributed by atoms with Gasteiger partial charge in [-0.05, 0) is 35.6 Å². The smallest absolute Gasteiger partial charge is 0.120 e. The number of aliphatic hydroxyl groups is 4. The van der Waals surface area contributed by atoms with Crippen LogP contribution < -0.4 is 0 Å². The van der Waals surface area contributed by atoms with E-state index < -0.39 is 23.9 Å². The molecule has 0 aliphatic heterocycles. The van der Waals surface area contributed by atoms with Crippen LogP contribution in [0.5, 0.6) is 0 Å². The minimum Gasteiger partial charge on any atom is -0.387 e. The van der Waals surface area contributed by atoms with E-state index in [1.165, 1.54) is 13.0 Å². The first-order valence-corrected chi connectivity index (χ1v) is 4.59. The van der Waals surface area contributed by atoms with Crippen LogP contribution in [0.15, 0.2) is 9.66 Å². The molecule has 4 N–H and O–H groups in total. The van der Waals surface area contributed by atoms with Crippen molar-refractivity contribution in [3.63, 3.8) is 0 Å². The lowest BCUT2D eigenvalue weighted by molar-refractivity contribution is -0.153. The molecule has 0 fully saturated rings. The van der Waals surface area contributed by atoms with E-state index >= 15 is 0 Å². The van der Waals surface area contributed by atoms with Crippen LogP contribution in [-0.4, -0.2) is 44.3 Å². The average molecular weight is 286 g/mol. The third kappa shape index (κ3) is 1.51. The van der Waals surface area contributed by atoms with Crippen LogP contribution in [0.4, 0.5) is 0 Å². The van der Waals surface area contributed by atoms with Gasteiger partial charge in [-0.25, -0.2) is 0 Å². The van der Waals surface area contributed by atoms with E-state index in [-0.39, 0.29) is 0 Å². The third-order valence-electron chi connectivity index (χ3n) is 2.10. The van der Waals surface area contributed by atoms with Crippen molar-refractivity contribution in [1.82, 2.24) is 0 Å². The average Bonchev–Trinajstić information content (AvgIpc) is 1.99. The Morgan fingerprint density at radius 2 is 1.92 bits per heavy atom. The molecular formula is C7H11IO4. The summed E-state index contributed by atoms with van der Waals surface area (Å²) in [5.41, 5.74) is -1.67. The topological polar surface area (TPSA) is 80.9 Å². The van der Waals surface area contributed by atoms with Crippen LogP contribution in [0.3, 0.4) is 0 Å². The lowest BCUT2D eigenvalue weighted by atomic mass is 9.84. The Balaban J connectivity index is 2.99. The highest BCUT2D eigenvalue weighted by Crippen LogP contribution is 2.31. The van der Waals surface area contributed by atoms with Crippen molar-refractivity contribution in [3.05, 3.63) is 9.66 Å². The molecule has 1 rings (SSSR count). The second-order valence-corrected chi connectivity index (χ2v) is 4.36. The van der Waals surface area contributed by atoms with Gasteiger partial charge in [0.2, 0.25) is 0 Å². The first-order valence-electron chi connectivity index (χ1n) is 3.51. The summed E-state index contributed by atoms with van der Waals surface area (Å²) >= 11 is 1.81. The number of rotatable bonds is 0. The van der Waals surface area contributed by atoms with Gasteiger partial charge in [-0.2, -0.15) is 0 Å². The van der Waals surface area contributed by atoms with E-state index in [0.29, 0.717) is 3.58 Å². The summed E-state index contributed by atoms with van der Waals surface area (Å²) in [6, 6.07) is 0. The van der Waals surface area contributed by atoms with Gasteiger partial charge in [0.15, 0.2) is 0 Å². The molecule has 70 valence electrons. The van der Waals surface area contributed by atoms with Crippen molar-refractivity contribution in [2.45, 2.75) is 30.8 Å². The van der Waals surface area contributed by atoms with Gasteiger partial charge in [0.1, 0.15) is 23.9 Å². The van der Waals surface area contributed by atoms with Crippen LogP contribution in [-0.2, 0) is 0 Å². The number of aliphatic hydroxyl groups excluding tert-OH is 3. The summed E-state index contributed by atoms with van der Waals surface area (Å²) in [5, 5.41) is 37.4. The molecule has 0 radical (unpaired) electrons. The molecule has 4 nitrogen and oxygen atoms in total. The Bertz CT molecular complexity index is 213. The van der Waals surface area contributed by atoms with Gasteiger partial charge >= 0.3 is 0 Å². The molecule has 0 saturated heterocycles. The van der Waals surface area contributed by atoms with Crippen LogP contribution >= 0.6 is 22.6 Å². The summed E-state index contributed by atoms with van der Waals surface area (Å²) in [7, 11) is 0. The van der Waals surface area contributed by atoms with Crippen molar-refractivity contribution in [3.8, 4) is 0 Å². The molecule has 4 atom stereocenters. The summed E-state index contributed by atoms with van der Waals surface area (Å²) in [5.74, 6) is 0. The molecule has 0 aromatic rings. The maximum absolute atomic E-state index is 9.49. The van der Waals surface area contributed by atoms with Gasteiger partial charge in [-0.1, -0.05) is 0 Å². The molecule has 0 spiro atoms. The summed E-state index contributed by atoms with van der Waals surface area (Å²) in [6.45, 7) is 1.28. The van der Waals surface area contributed by atoms with Gasteiger partial charge < -0.3 is 20.4 Å². The number of hydrogen-bond acceptors (Lipinski definition) is 4. The largest absolute Gasteiger partial charge is 0.387 e. The fraction of sp³-hybridized carbons (Fsp3) is 0.714. The molecule has 0 saturated carbocycles. The normalized spacial score (nSPS) is 48.8. The molecule has 0 aromatic carbocycles. The van der Waals surface area contributed by atoms with Gasteiger partial charge in [-0.15, -0.1) is 0 Å². The molecule has 0 unspecified atom stereocenters. The zero-order valence-corrected chi connectivity index (χ0v) is 8.63. The molecule has 0 amide bonds. The van der Waals surface area contributed by atoms with Gasteiger partial charge in [0, 0.05) is 3.58 Å². The van der Waals surface area contributed by atoms with E-state index in [2.05, 4.69) is 0 Å². The Morgan fingerprint density at radius 3 is 2.42 bits per heavy atom. The first-order chi connectivity index (χ1) is 5.37. The van der Waals surface area contributed by atoms with E-state index in [1.54, 1.807) is 0 Å². The second-order valence-electron chi connectivity index (χ2n) is 3.11. The Labute approximate surface area is 83.7 Å². The van der Waals surface area contributed by atoms with Crippen LogP contribution in [0.1, 0.15) is 6.92 Å².